The third-order valence-electron chi connectivity index (χ3n) is 2.00. The highest BCUT2D eigenvalue weighted by Crippen LogP contribution is 1.98. The lowest BCUT2D eigenvalue weighted by molar-refractivity contribution is -0.00819. The minimum absolute atomic E-state index is 0.487. The van der Waals surface area contributed by atoms with E-state index in [1.807, 2.05) is 36.4 Å². The van der Waals surface area contributed by atoms with Gasteiger partial charge in [-0.1, -0.05) is 36.4 Å². The lowest BCUT2D eigenvalue weighted by Crippen LogP contribution is -2.16. The van der Waals surface area contributed by atoms with Crippen LogP contribution in [0.3, 0.4) is 0 Å². The zero-order valence-corrected chi connectivity index (χ0v) is 8.35. The molecule has 0 saturated carbocycles. The fourth-order valence-corrected chi connectivity index (χ4v) is 1.25. The summed E-state index contributed by atoms with van der Waals surface area (Å²) in [6.45, 7) is 2.82. The van der Waals surface area contributed by atoms with Crippen LogP contribution in [0.2, 0.25) is 0 Å². The molecule has 0 radical (unpaired) electrons. The smallest absolute Gasteiger partial charge is 0.284 e. The highest BCUT2D eigenvalue weighted by Gasteiger charge is 2.20. The van der Waals surface area contributed by atoms with Gasteiger partial charge in [-0.2, -0.15) is 4.79 Å². The van der Waals surface area contributed by atoms with Crippen molar-refractivity contribution in [2.24, 2.45) is 0 Å². The predicted molar refractivity (Wildman–Crippen MR) is 57.2 cm³/mol. The Labute approximate surface area is 84.4 Å². The van der Waals surface area contributed by atoms with Crippen molar-refractivity contribution in [3.8, 4) is 0 Å². The van der Waals surface area contributed by atoms with Crippen LogP contribution < -0.4 is 5.32 Å². The second-order valence-corrected chi connectivity index (χ2v) is 3.31. The molecule has 2 rings (SSSR count). The molecule has 1 heterocycles. The van der Waals surface area contributed by atoms with Crippen molar-refractivity contribution in [2.45, 2.75) is 19.4 Å². The second kappa shape index (κ2) is 6.08. The van der Waals surface area contributed by atoms with Gasteiger partial charge in [0.15, 0.2) is 0 Å². The van der Waals surface area contributed by atoms with E-state index in [-0.39, 0.29) is 0 Å². The Kier molecular flexibility index (Phi) is 4.62. The molecule has 3 nitrogen and oxygen atoms in total. The maximum Gasteiger partial charge on any atom is 0.284 e. The molecule has 0 spiro atoms. The molecule has 1 atom stereocenters. The molecular weight excluding hydrogens is 174 g/mol. The standard InChI is InChI=1S/C6H6.C5H9N3/c1-2-4-6-5-3-1;1-4-2-5(8-6)3-7-4/h1-6H;4,7H,2-3H2,1H3. The fourth-order valence-electron chi connectivity index (χ4n) is 1.25. The summed E-state index contributed by atoms with van der Waals surface area (Å²) in [5.41, 5.74) is 9.09. The molecule has 1 saturated heterocycles. The number of hydrogen-bond acceptors (Lipinski definition) is 1. The Hall–Kier alpha value is -1.44. The number of rotatable bonds is 0. The molecule has 1 aromatic carbocycles. The summed E-state index contributed by atoms with van der Waals surface area (Å²) in [6.07, 6.45) is 0.885. The van der Waals surface area contributed by atoms with Crippen LogP contribution in [0.4, 0.5) is 0 Å². The van der Waals surface area contributed by atoms with Gasteiger partial charge in [0.2, 0.25) is 0 Å². The highest BCUT2D eigenvalue weighted by atomic mass is 15.0. The van der Waals surface area contributed by atoms with Crippen molar-refractivity contribution in [3.63, 3.8) is 0 Å². The molecule has 1 N–H and O–H groups in total. The van der Waals surface area contributed by atoms with Gasteiger partial charge in [-0.25, -0.2) is 0 Å². The maximum absolute atomic E-state index is 8.23. The van der Waals surface area contributed by atoms with E-state index in [0.717, 1.165) is 18.7 Å². The van der Waals surface area contributed by atoms with Crippen LogP contribution in [0.1, 0.15) is 13.3 Å². The Bertz CT molecular complexity index is 275. The number of hydrogen-bond donors (Lipinski definition) is 1. The first kappa shape index (κ1) is 10.6. The van der Waals surface area contributed by atoms with Gasteiger partial charge in [0.1, 0.15) is 0 Å². The quantitative estimate of drug-likeness (QED) is 0.490. The zero-order chi connectivity index (χ0) is 10.2. The number of nitrogens with one attached hydrogen (secondary N) is 1. The van der Waals surface area contributed by atoms with Crippen molar-refractivity contribution < 1.29 is 4.79 Å². The molecular formula is C11H15N3. The molecule has 0 bridgehead atoms. The monoisotopic (exact) mass is 189 g/mol. The number of nitrogens with zero attached hydrogens (tertiary/aromatic N) is 2. The average molecular weight is 189 g/mol. The summed E-state index contributed by atoms with van der Waals surface area (Å²) in [5, 5.41) is 3.13. The number of benzene rings is 1. The molecule has 1 aliphatic rings. The van der Waals surface area contributed by atoms with Crippen molar-refractivity contribution >= 4 is 5.71 Å². The van der Waals surface area contributed by atoms with E-state index in [4.69, 9.17) is 5.53 Å². The molecule has 0 amide bonds. The second-order valence-electron chi connectivity index (χ2n) is 3.31. The molecule has 1 aromatic rings. The molecule has 1 aliphatic heterocycles. The summed E-state index contributed by atoms with van der Waals surface area (Å²) in [5.74, 6) is 0. The lowest BCUT2D eigenvalue weighted by Gasteiger charge is -1.92. The Morgan fingerprint density at radius 1 is 1.21 bits per heavy atom. The molecule has 0 aromatic heterocycles. The van der Waals surface area contributed by atoms with E-state index < -0.39 is 0 Å². The van der Waals surface area contributed by atoms with E-state index >= 15 is 0 Å². The van der Waals surface area contributed by atoms with Crippen molar-refractivity contribution in [2.75, 3.05) is 6.54 Å². The van der Waals surface area contributed by atoms with Gasteiger partial charge in [-0.15, -0.1) is 0 Å². The average Bonchev–Trinajstić information content (AvgIpc) is 2.68. The highest BCUT2D eigenvalue weighted by molar-refractivity contribution is 5.83. The van der Waals surface area contributed by atoms with Gasteiger partial charge < -0.3 is 10.8 Å². The topological polar surface area (TPSA) is 48.4 Å². The third kappa shape index (κ3) is 3.99. The van der Waals surface area contributed by atoms with Gasteiger partial charge in [-0.05, 0) is 6.92 Å². The summed E-state index contributed by atoms with van der Waals surface area (Å²) in [4.78, 5) is 3.09. The molecule has 3 heteroatoms. The van der Waals surface area contributed by atoms with E-state index in [0.29, 0.717) is 6.04 Å². The first-order valence-corrected chi connectivity index (χ1v) is 4.76. The van der Waals surface area contributed by atoms with Crippen LogP contribution in [-0.4, -0.2) is 23.1 Å². The molecule has 1 fully saturated rings. The molecule has 74 valence electrons. The summed E-state index contributed by atoms with van der Waals surface area (Å²) in [6, 6.07) is 12.5. The van der Waals surface area contributed by atoms with Gasteiger partial charge in [-0.3, -0.25) is 0 Å². The molecule has 14 heavy (non-hydrogen) atoms. The minimum Gasteiger partial charge on any atom is -0.362 e. The summed E-state index contributed by atoms with van der Waals surface area (Å²) >= 11 is 0. The SMILES string of the molecule is CC1CC(=[N+]=[N-])CN1.c1ccccc1. The first-order valence-electron chi connectivity index (χ1n) is 4.76. The van der Waals surface area contributed by atoms with Gasteiger partial charge in [0.25, 0.3) is 5.71 Å². The minimum atomic E-state index is 0.487. The lowest BCUT2D eigenvalue weighted by atomic mass is 10.2. The third-order valence-corrected chi connectivity index (χ3v) is 2.00. The first-order chi connectivity index (χ1) is 6.83. The molecule has 1 unspecified atom stereocenters. The van der Waals surface area contributed by atoms with Crippen LogP contribution in [0.25, 0.3) is 5.53 Å². The Morgan fingerprint density at radius 2 is 1.71 bits per heavy atom. The van der Waals surface area contributed by atoms with E-state index in [1.54, 1.807) is 0 Å². The fraction of sp³-hybridized carbons (Fsp3) is 0.364. The zero-order valence-electron chi connectivity index (χ0n) is 8.35. The maximum atomic E-state index is 8.23. The Morgan fingerprint density at radius 3 is 1.93 bits per heavy atom. The normalized spacial score (nSPS) is 19.5. The van der Waals surface area contributed by atoms with E-state index in [1.165, 1.54) is 0 Å². The summed E-state index contributed by atoms with van der Waals surface area (Å²) < 4.78 is 0. The van der Waals surface area contributed by atoms with Crippen LogP contribution in [0, 0.1) is 0 Å². The van der Waals surface area contributed by atoms with Crippen LogP contribution in [0.5, 0.6) is 0 Å². The predicted octanol–water partition coefficient (Wildman–Crippen LogP) is 1.73. The van der Waals surface area contributed by atoms with Gasteiger partial charge >= 0.3 is 0 Å². The summed E-state index contributed by atoms with van der Waals surface area (Å²) in [7, 11) is 0. The van der Waals surface area contributed by atoms with Crippen molar-refractivity contribution in [1.29, 1.82) is 0 Å². The van der Waals surface area contributed by atoms with Crippen LogP contribution in [-0.2, 0) is 0 Å². The van der Waals surface area contributed by atoms with E-state index in [9.17, 15) is 0 Å². The van der Waals surface area contributed by atoms with Crippen molar-refractivity contribution in [3.05, 3.63) is 41.9 Å². The van der Waals surface area contributed by atoms with Gasteiger partial charge in [0, 0.05) is 6.04 Å². The Balaban J connectivity index is 0.000000146. The molecule has 0 aliphatic carbocycles. The van der Waals surface area contributed by atoms with E-state index in [2.05, 4.69) is 17.0 Å². The van der Waals surface area contributed by atoms with Gasteiger partial charge in [0.05, 0.1) is 13.0 Å². The van der Waals surface area contributed by atoms with Crippen LogP contribution >= 0.6 is 0 Å². The van der Waals surface area contributed by atoms with Crippen molar-refractivity contribution in [1.82, 2.24) is 5.32 Å². The largest absolute Gasteiger partial charge is 0.362 e. The van der Waals surface area contributed by atoms with Crippen LogP contribution in [0.15, 0.2) is 36.4 Å².